The van der Waals surface area contributed by atoms with Crippen molar-refractivity contribution in [2.75, 3.05) is 0 Å². The molecule has 0 amide bonds. The molecule has 0 N–H and O–H groups in total. The van der Waals surface area contributed by atoms with Crippen LogP contribution in [0, 0.1) is 6.07 Å². The van der Waals surface area contributed by atoms with Crippen molar-refractivity contribution in [3.05, 3.63) is 42.5 Å². The molecular weight excluding hydrogens is 162 g/mol. The second-order valence-electron chi connectivity index (χ2n) is 2.63. The minimum Gasteiger partial charge on any atom is -0.211 e. The summed E-state index contributed by atoms with van der Waals surface area (Å²) in [5.74, 6) is 0. The highest BCUT2D eigenvalue weighted by Gasteiger charge is 1.93. The second kappa shape index (κ2) is 3.21. The maximum Gasteiger partial charge on any atom is 0.240 e. The predicted molar refractivity (Wildman–Crippen MR) is 50.6 cm³/mol. The summed E-state index contributed by atoms with van der Waals surface area (Å²) in [5, 5.41) is 2.05. The Labute approximate surface area is 75.5 Å². The van der Waals surface area contributed by atoms with Gasteiger partial charge in [0.1, 0.15) is 0 Å². The van der Waals surface area contributed by atoms with Crippen LogP contribution < -0.4 is 0 Å². The molecule has 0 unspecified atom stereocenters. The lowest BCUT2D eigenvalue weighted by molar-refractivity contribution is 0.565. The van der Waals surface area contributed by atoms with Crippen LogP contribution >= 0.6 is 0 Å². The Balaban J connectivity index is 2.68. The molecule has 13 heavy (non-hydrogen) atoms. The van der Waals surface area contributed by atoms with E-state index in [9.17, 15) is 4.79 Å². The van der Waals surface area contributed by atoms with Crippen LogP contribution in [0.3, 0.4) is 0 Å². The molecule has 2 aromatic carbocycles. The predicted octanol–water partition coefficient (Wildman–Crippen LogP) is 2.61. The Bertz CT molecular complexity index is 484. The molecule has 0 aliphatic carbocycles. The highest BCUT2D eigenvalue weighted by atomic mass is 16.1. The molecule has 2 heteroatoms. The van der Waals surface area contributed by atoms with Crippen molar-refractivity contribution in [1.29, 1.82) is 0 Å². The van der Waals surface area contributed by atoms with Gasteiger partial charge in [-0.15, -0.1) is 0 Å². The van der Waals surface area contributed by atoms with Gasteiger partial charge in [0.15, 0.2) is 0 Å². The summed E-state index contributed by atoms with van der Waals surface area (Å²) in [4.78, 5) is 13.5. The van der Waals surface area contributed by atoms with Gasteiger partial charge in [-0.25, -0.2) is 4.79 Å². The number of fused-ring (bicyclic) bond motifs is 1. The third-order valence-corrected chi connectivity index (χ3v) is 1.81. The molecule has 0 atom stereocenters. The van der Waals surface area contributed by atoms with Gasteiger partial charge < -0.3 is 0 Å². The molecule has 0 spiro atoms. The van der Waals surface area contributed by atoms with Crippen molar-refractivity contribution in [3.8, 4) is 0 Å². The average molecular weight is 168 g/mol. The lowest BCUT2D eigenvalue weighted by atomic mass is 10.1. The van der Waals surface area contributed by atoms with Gasteiger partial charge >= 0.3 is 0 Å². The summed E-state index contributed by atoms with van der Waals surface area (Å²) >= 11 is 0. The standard InChI is InChI=1S/C11H6NO/c13-8-12-11-6-5-9-3-1-2-4-10(9)7-11/h1-6H. The van der Waals surface area contributed by atoms with Crippen molar-refractivity contribution in [1.82, 2.24) is 0 Å². The van der Waals surface area contributed by atoms with E-state index in [4.69, 9.17) is 0 Å². The number of aliphatic imine (C=N–C) groups is 1. The van der Waals surface area contributed by atoms with Crippen LogP contribution in [0.5, 0.6) is 0 Å². The number of carbonyl (C=O) groups excluding carboxylic acids is 1. The van der Waals surface area contributed by atoms with E-state index < -0.39 is 0 Å². The first kappa shape index (κ1) is 7.71. The smallest absolute Gasteiger partial charge is 0.211 e. The molecule has 0 aliphatic heterocycles. The average Bonchev–Trinajstić information content (AvgIpc) is 2.18. The normalized spacial score (nSPS) is 9.54. The molecule has 0 saturated heterocycles. The van der Waals surface area contributed by atoms with E-state index in [1.807, 2.05) is 30.3 Å². The molecule has 0 fully saturated rings. The van der Waals surface area contributed by atoms with Crippen LogP contribution in [-0.2, 0) is 4.79 Å². The van der Waals surface area contributed by atoms with Gasteiger partial charge in [-0.05, 0) is 16.8 Å². The largest absolute Gasteiger partial charge is 0.240 e. The van der Waals surface area contributed by atoms with E-state index >= 15 is 0 Å². The summed E-state index contributed by atoms with van der Waals surface area (Å²) in [6.45, 7) is 0. The monoisotopic (exact) mass is 168 g/mol. The van der Waals surface area contributed by atoms with Crippen molar-refractivity contribution in [3.63, 3.8) is 0 Å². The molecule has 1 radical (unpaired) electrons. The quantitative estimate of drug-likeness (QED) is 0.475. The molecule has 0 bridgehead atoms. The second-order valence-corrected chi connectivity index (χ2v) is 2.63. The zero-order chi connectivity index (χ0) is 9.10. The molecule has 0 heterocycles. The van der Waals surface area contributed by atoms with Crippen LogP contribution in [0.15, 0.2) is 41.4 Å². The summed E-state index contributed by atoms with van der Waals surface area (Å²) in [5.41, 5.74) is 0.522. The molecular formula is C11H6NO. The van der Waals surface area contributed by atoms with Gasteiger partial charge in [-0.1, -0.05) is 30.3 Å². The Hall–Kier alpha value is -1.92. The Morgan fingerprint density at radius 1 is 1.15 bits per heavy atom. The first-order valence-corrected chi connectivity index (χ1v) is 3.89. The fourth-order valence-corrected chi connectivity index (χ4v) is 1.22. The Morgan fingerprint density at radius 3 is 2.85 bits per heavy atom. The molecule has 0 saturated carbocycles. The van der Waals surface area contributed by atoms with Crippen LogP contribution in [0.2, 0.25) is 0 Å². The lowest BCUT2D eigenvalue weighted by Crippen LogP contribution is -1.71. The van der Waals surface area contributed by atoms with E-state index in [1.54, 1.807) is 6.07 Å². The van der Waals surface area contributed by atoms with Gasteiger partial charge in [0.05, 0.1) is 5.69 Å². The Morgan fingerprint density at radius 2 is 2.00 bits per heavy atom. The SMILES string of the molecule is O=C=Nc1[c]c2ccccc2cc1. The fraction of sp³-hybridized carbons (Fsp3) is 0. The van der Waals surface area contributed by atoms with Gasteiger partial charge in [-0.3, -0.25) is 0 Å². The lowest BCUT2D eigenvalue weighted by Gasteiger charge is -1.95. The van der Waals surface area contributed by atoms with Crippen molar-refractivity contribution in [2.24, 2.45) is 4.99 Å². The summed E-state index contributed by atoms with van der Waals surface area (Å²) < 4.78 is 0. The minimum atomic E-state index is 0.522. The fourth-order valence-electron chi connectivity index (χ4n) is 1.22. The number of hydrogen-bond donors (Lipinski definition) is 0. The number of hydrogen-bond acceptors (Lipinski definition) is 2. The zero-order valence-electron chi connectivity index (χ0n) is 6.82. The number of benzene rings is 2. The molecule has 2 rings (SSSR count). The molecule has 61 valence electrons. The summed E-state index contributed by atoms with van der Waals surface area (Å²) in [7, 11) is 0. The highest BCUT2D eigenvalue weighted by molar-refractivity contribution is 5.84. The summed E-state index contributed by atoms with van der Waals surface area (Å²) in [6, 6.07) is 14.4. The first-order valence-electron chi connectivity index (χ1n) is 3.89. The molecule has 0 aromatic heterocycles. The van der Waals surface area contributed by atoms with Crippen LogP contribution in [-0.4, -0.2) is 6.08 Å². The topological polar surface area (TPSA) is 29.4 Å². The van der Waals surface area contributed by atoms with Crippen molar-refractivity contribution in [2.45, 2.75) is 0 Å². The van der Waals surface area contributed by atoms with E-state index in [-0.39, 0.29) is 0 Å². The maximum atomic E-state index is 10.00. The zero-order valence-corrected chi connectivity index (χ0v) is 6.82. The maximum absolute atomic E-state index is 10.00. The molecule has 2 aromatic rings. The van der Waals surface area contributed by atoms with Crippen molar-refractivity contribution < 1.29 is 4.79 Å². The van der Waals surface area contributed by atoms with E-state index in [0.717, 1.165) is 10.8 Å². The van der Waals surface area contributed by atoms with Crippen molar-refractivity contribution >= 4 is 22.5 Å². The molecule has 0 aliphatic rings. The third kappa shape index (κ3) is 1.48. The van der Waals surface area contributed by atoms with Crippen LogP contribution in [0.1, 0.15) is 0 Å². The van der Waals surface area contributed by atoms with Gasteiger partial charge in [0.2, 0.25) is 6.08 Å². The first-order chi connectivity index (χ1) is 6.40. The number of rotatable bonds is 1. The van der Waals surface area contributed by atoms with E-state index in [0.29, 0.717) is 5.69 Å². The Kier molecular flexibility index (Phi) is 1.91. The van der Waals surface area contributed by atoms with E-state index in [2.05, 4.69) is 11.1 Å². The van der Waals surface area contributed by atoms with Gasteiger partial charge in [0, 0.05) is 6.07 Å². The van der Waals surface area contributed by atoms with Crippen LogP contribution in [0.25, 0.3) is 10.8 Å². The van der Waals surface area contributed by atoms with Crippen LogP contribution in [0.4, 0.5) is 5.69 Å². The van der Waals surface area contributed by atoms with Gasteiger partial charge in [0.25, 0.3) is 0 Å². The van der Waals surface area contributed by atoms with E-state index in [1.165, 1.54) is 6.08 Å². The molecule has 2 nitrogen and oxygen atoms in total. The van der Waals surface area contributed by atoms with Gasteiger partial charge in [-0.2, -0.15) is 4.99 Å². The number of isocyanates is 1. The minimum absolute atomic E-state index is 0.522. The highest BCUT2D eigenvalue weighted by Crippen LogP contribution is 2.19. The number of nitrogens with zero attached hydrogens (tertiary/aromatic N) is 1. The summed E-state index contributed by atoms with van der Waals surface area (Å²) in [6.07, 6.45) is 1.49. The third-order valence-electron chi connectivity index (χ3n) is 1.81.